The van der Waals surface area contributed by atoms with E-state index < -0.39 is 10.8 Å². The smallest absolute Gasteiger partial charge is 0.193 e. The molecule has 2 aromatic carbocycles. The van der Waals surface area contributed by atoms with Crippen molar-refractivity contribution in [2.75, 3.05) is 26.4 Å². The van der Waals surface area contributed by atoms with Gasteiger partial charge in [0.15, 0.2) is 5.96 Å². The van der Waals surface area contributed by atoms with Gasteiger partial charge < -0.3 is 14.6 Å². The molecule has 5 nitrogen and oxygen atoms in total. The quantitative estimate of drug-likeness (QED) is 0.502. The number of nitrogens with one attached hydrogen (secondary N) is 1. The summed E-state index contributed by atoms with van der Waals surface area (Å²) < 4.78 is 18.1. The Bertz CT molecular complexity index is 888. The summed E-state index contributed by atoms with van der Waals surface area (Å²) in [4.78, 5) is 6.31. The van der Waals surface area contributed by atoms with Gasteiger partial charge in [-0.3, -0.25) is 9.20 Å². The number of rotatable bonds is 7. The fraction of sp³-hybridized carbons (Fsp3) is 0.286. The normalized spacial score (nSPS) is 12.9. The molecule has 1 heterocycles. The molecule has 3 rings (SSSR count). The number of guanidine groups is 1. The lowest BCUT2D eigenvalue weighted by atomic mass is 10.2. The van der Waals surface area contributed by atoms with Gasteiger partial charge in [0, 0.05) is 48.3 Å². The van der Waals surface area contributed by atoms with Crippen LogP contribution in [0.15, 0.2) is 70.1 Å². The largest absolute Gasteiger partial charge is 0.459 e. The van der Waals surface area contributed by atoms with Crippen LogP contribution in [0.25, 0.3) is 11.0 Å². The van der Waals surface area contributed by atoms with Crippen LogP contribution in [0.3, 0.4) is 0 Å². The van der Waals surface area contributed by atoms with Crippen LogP contribution >= 0.6 is 0 Å². The molecule has 0 amide bonds. The molecule has 0 spiro atoms. The Labute approximate surface area is 162 Å². The lowest BCUT2D eigenvalue weighted by molar-refractivity contribution is 0.413. The molecule has 0 saturated carbocycles. The molecular weight excluding hydrogens is 358 g/mol. The molecule has 0 radical (unpaired) electrons. The van der Waals surface area contributed by atoms with Gasteiger partial charge in [-0.05, 0) is 17.7 Å². The van der Waals surface area contributed by atoms with Crippen LogP contribution in [0.5, 0.6) is 0 Å². The monoisotopic (exact) mass is 383 g/mol. The second kappa shape index (κ2) is 9.37. The number of hydrogen-bond donors (Lipinski definition) is 1. The van der Waals surface area contributed by atoms with Crippen molar-refractivity contribution in [1.29, 1.82) is 0 Å². The molecule has 0 aliphatic carbocycles. The standard InChI is InChI=1S/C21H25N3O2S/c1-22-21(23-12-13-27(25)16-17-8-4-3-5-9-17)24(2)15-19-14-18-10-6-7-11-20(18)26-19/h3-11,14H,12-13,15-16H2,1-2H3,(H,22,23). The molecule has 6 heteroatoms. The van der Waals surface area contributed by atoms with Crippen molar-refractivity contribution in [3.63, 3.8) is 0 Å². The van der Waals surface area contributed by atoms with E-state index in [2.05, 4.69) is 10.3 Å². The molecule has 1 N–H and O–H groups in total. The molecule has 1 atom stereocenters. The number of fused-ring (bicyclic) bond motifs is 1. The third-order valence-electron chi connectivity index (χ3n) is 4.23. The minimum absolute atomic E-state index is 0.576. The van der Waals surface area contributed by atoms with Crippen LogP contribution in [-0.2, 0) is 23.1 Å². The summed E-state index contributed by atoms with van der Waals surface area (Å²) in [6.45, 7) is 1.22. The van der Waals surface area contributed by atoms with Crippen LogP contribution in [0.4, 0.5) is 0 Å². The maximum absolute atomic E-state index is 12.2. The summed E-state index contributed by atoms with van der Waals surface area (Å²) >= 11 is 0. The average Bonchev–Trinajstić information content (AvgIpc) is 3.08. The highest BCUT2D eigenvalue weighted by atomic mass is 32.2. The minimum Gasteiger partial charge on any atom is -0.459 e. The summed E-state index contributed by atoms with van der Waals surface area (Å²) in [6, 6.07) is 19.9. The Morgan fingerprint density at radius 1 is 1.15 bits per heavy atom. The molecule has 0 bridgehead atoms. The zero-order valence-electron chi connectivity index (χ0n) is 15.7. The van der Waals surface area contributed by atoms with E-state index in [4.69, 9.17) is 4.42 Å². The number of furan rings is 1. The van der Waals surface area contributed by atoms with Gasteiger partial charge in [-0.1, -0.05) is 48.5 Å². The van der Waals surface area contributed by atoms with E-state index in [1.165, 1.54) is 0 Å². The van der Waals surface area contributed by atoms with E-state index in [-0.39, 0.29) is 0 Å². The predicted molar refractivity (Wildman–Crippen MR) is 112 cm³/mol. The fourth-order valence-corrected chi connectivity index (χ4v) is 3.96. The van der Waals surface area contributed by atoms with Gasteiger partial charge in [0.25, 0.3) is 0 Å². The molecule has 0 aliphatic heterocycles. The molecular formula is C21H25N3O2S. The summed E-state index contributed by atoms with van der Waals surface area (Å²) in [6.07, 6.45) is 0. The maximum atomic E-state index is 12.2. The van der Waals surface area contributed by atoms with E-state index in [0.29, 0.717) is 24.6 Å². The maximum Gasteiger partial charge on any atom is 0.193 e. The molecule has 0 aliphatic rings. The van der Waals surface area contributed by atoms with E-state index in [9.17, 15) is 4.21 Å². The first-order valence-electron chi connectivity index (χ1n) is 8.94. The van der Waals surface area contributed by atoms with E-state index >= 15 is 0 Å². The van der Waals surface area contributed by atoms with Crippen molar-refractivity contribution in [3.8, 4) is 0 Å². The highest BCUT2D eigenvalue weighted by Crippen LogP contribution is 2.19. The molecule has 0 fully saturated rings. The number of nitrogens with zero attached hydrogens (tertiary/aromatic N) is 2. The second-order valence-corrected chi connectivity index (χ2v) is 7.93. The van der Waals surface area contributed by atoms with Crippen LogP contribution in [0, 0.1) is 0 Å². The van der Waals surface area contributed by atoms with E-state index in [0.717, 1.165) is 28.3 Å². The predicted octanol–water partition coefficient (Wildman–Crippen LogP) is 3.39. The SMILES string of the molecule is CN=C(NCCS(=O)Cc1ccccc1)N(C)Cc1cc2ccccc2o1. The highest BCUT2D eigenvalue weighted by Gasteiger charge is 2.10. The van der Waals surface area contributed by atoms with Crippen molar-refractivity contribution in [2.24, 2.45) is 4.99 Å². The van der Waals surface area contributed by atoms with Gasteiger partial charge in [-0.2, -0.15) is 0 Å². The van der Waals surface area contributed by atoms with E-state index in [1.807, 2.05) is 72.6 Å². The zero-order chi connectivity index (χ0) is 19.1. The highest BCUT2D eigenvalue weighted by molar-refractivity contribution is 7.84. The van der Waals surface area contributed by atoms with Crippen LogP contribution < -0.4 is 5.32 Å². The first kappa shape index (κ1) is 19.2. The Kier molecular flexibility index (Phi) is 6.65. The summed E-state index contributed by atoms with van der Waals surface area (Å²) in [5.74, 6) is 2.80. The van der Waals surface area contributed by atoms with Crippen molar-refractivity contribution >= 4 is 27.7 Å². The number of benzene rings is 2. The van der Waals surface area contributed by atoms with Gasteiger partial charge in [-0.25, -0.2) is 0 Å². The minimum atomic E-state index is -0.906. The summed E-state index contributed by atoms with van der Waals surface area (Å²) in [5, 5.41) is 4.38. The van der Waals surface area contributed by atoms with Crippen LogP contribution in [-0.4, -0.2) is 41.5 Å². The third kappa shape index (κ3) is 5.44. The molecule has 3 aromatic rings. The molecule has 1 aromatic heterocycles. The molecule has 1 unspecified atom stereocenters. The van der Waals surface area contributed by atoms with Gasteiger partial charge in [-0.15, -0.1) is 0 Å². The molecule has 27 heavy (non-hydrogen) atoms. The third-order valence-corrected chi connectivity index (χ3v) is 5.54. The van der Waals surface area contributed by atoms with E-state index in [1.54, 1.807) is 7.05 Å². The number of aliphatic imine (C=N–C) groups is 1. The van der Waals surface area contributed by atoms with Gasteiger partial charge in [0.2, 0.25) is 0 Å². The van der Waals surface area contributed by atoms with Crippen LogP contribution in [0.1, 0.15) is 11.3 Å². The Balaban J connectivity index is 1.48. The summed E-state index contributed by atoms with van der Waals surface area (Å²) in [7, 11) is 2.80. The second-order valence-electron chi connectivity index (χ2n) is 6.35. The molecule has 142 valence electrons. The van der Waals surface area contributed by atoms with Crippen molar-refractivity contribution in [2.45, 2.75) is 12.3 Å². The van der Waals surface area contributed by atoms with Crippen molar-refractivity contribution < 1.29 is 8.63 Å². The fourth-order valence-electron chi connectivity index (χ4n) is 2.92. The summed E-state index contributed by atoms with van der Waals surface area (Å²) in [5.41, 5.74) is 1.99. The average molecular weight is 384 g/mol. The van der Waals surface area contributed by atoms with Gasteiger partial charge >= 0.3 is 0 Å². The molecule has 0 saturated heterocycles. The first-order valence-corrected chi connectivity index (χ1v) is 10.4. The van der Waals surface area contributed by atoms with Crippen LogP contribution in [0.2, 0.25) is 0 Å². The first-order chi connectivity index (χ1) is 13.2. The number of para-hydroxylation sites is 1. The lowest BCUT2D eigenvalue weighted by Gasteiger charge is -2.20. The Hall–Kier alpha value is -2.60. The Morgan fingerprint density at radius 3 is 2.63 bits per heavy atom. The van der Waals surface area contributed by atoms with Gasteiger partial charge in [0.05, 0.1) is 6.54 Å². The van der Waals surface area contributed by atoms with Gasteiger partial charge in [0.1, 0.15) is 11.3 Å². The zero-order valence-corrected chi connectivity index (χ0v) is 16.5. The lowest BCUT2D eigenvalue weighted by Crippen LogP contribution is -2.40. The Morgan fingerprint density at radius 2 is 1.89 bits per heavy atom. The van der Waals surface area contributed by atoms with Crippen molar-refractivity contribution in [3.05, 3.63) is 72.0 Å². The topological polar surface area (TPSA) is 57.8 Å². The number of hydrogen-bond acceptors (Lipinski definition) is 3. The van der Waals surface area contributed by atoms with Crippen molar-refractivity contribution in [1.82, 2.24) is 10.2 Å².